The fourth-order valence-electron chi connectivity index (χ4n) is 2.92. The molecular weight excluding hydrogens is 308 g/mol. The first-order chi connectivity index (χ1) is 12.3. The third kappa shape index (κ3) is 4.69. The number of rotatable bonds is 5. The molecule has 3 rings (SSSR count). The third-order valence-corrected chi connectivity index (χ3v) is 4.12. The maximum absolute atomic E-state index is 7.00. The number of nitrogens with zero attached hydrogens (tertiary/aromatic N) is 1. The molecule has 3 nitrogen and oxygen atoms in total. The lowest BCUT2D eigenvalue weighted by Gasteiger charge is -2.23. The molecule has 0 saturated carbocycles. The molecule has 0 atom stereocenters. The van der Waals surface area contributed by atoms with Crippen molar-refractivity contribution in [1.82, 2.24) is 0 Å². The lowest BCUT2D eigenvalue weighted by Crippen LogP contribution is -2.31. The average Bonchev–Trinajstić information content (AvgIpc) is 2.70. The number of aryl methyl sites for hydroxylation is 1. The van der Waals surface area contributed by atoms with Crippen LogP contribution in [0.1, 0.15) is 18.1 Å². The number of para-hydroxylation sites is 1. The maximum Gasteiger partial charge on any atom is 0.0598 e. The van der Waals surface area contributed by atoms with Gasteiger partial charge in [0.2, 0.25) is 0 Å². The van der Waals surface area contributed by atoms with Gasteiger partial charge in [-0.2, -0.15) is 0 Å². The molecule has 0 bridgehead atoms. The van der Waals surface area contributed by atoms with Crippen LogP contribution in [-0.2, 0) is 13.0 Å². The number of hydrazine groups is 1. The van der Waals surface area contributed by atoms with Gasteiger partial charge in [-0.05, 0) is 34.7 Å². The van der Waals surface area contributed by atoms with E-state index in [1.54, 1.807) is 0 Å². The van der Waals surface area contributed by atoms with Crippen LogP contribution >= 0.6 is 0 Å². The molecule has 0 aliphatic rings. The van der Waals surface area contributed by atoms with Crippen molar-refractivity contribution in [3.63, 3.8) is 0 Å². The minimum atomic E-state index is 0.683. The van der Waals surface area contributed by atoms with Crippen LogP contribution in [0.5, 0.6) is 0 Å². The molecule has 0 aliphatic carbocycles. The molecule has 3 N–H and O–H groups in total. The highest BCUT2D eigenvalue weighted by Gasteiger charge is 2.10. The van der Waals surface area contributed by atoms with Crippen LogP contribution in [0.25, 0.3) is 11.1 Å². The summed E-state index contributed by atoms with van der Waals surface area (Å²) in [7, 11) is 1.00. The van der Waals surface area contributed by atoms with Crippen molar-refractivity contribution in [3.05, 3.63) is 90.0 Å². The van der Waals surface area contributed by atoms with E-state index in [0.717, 1.165) is 19.2 Å². The van der Waals surface area contributed by atoms with Crippen molar-refractivity contribution in [2.24, 2.45) is 5.84 Å². The van der Waals surface area contributed by atoms with Crippen LogP contribution in [0.4, 0.5) is 5.69 Å². The SMILES string of the molecule is CCc1ccccc1N(N)Cc1ccccc1-c1ccccc1.CO. The highest BCUT2D eigenvalue weighted by molar-refractivity contribution is 5.68. The van der Waals surface area contributed by atoms with Crippen molar-refractivity contribution >= 4 is 5.69 Å². The molecule has 0 amide bonds. The Morgan fingerprint density at radius 2 is 1.32 bits per heavy atom. The zero-order valence-corrected chi connectivity index (χ0v) is 14.9. The Morgan fingerprint density at radius 3 is 2.00 bits per heavy atom. The van der Waals surface area contributed by atoms with Crippen LogP contribution in [0.3, 0.4) is 0 Å². The summed E-state index contributed by atoms with van der Waals surface area (Å²) in [5, 5.41) is 8.85. The minimum Gasteiger partial charge on any atom is -0.400 e. The van der Waals surface area contributed by atoms with Crippen LogP contribution < -0.4 is 10.9 Å². The largest absolute Gasteiger partial charge is 0.400 e. The summed E-state index contributed by atoms with van der Waals surface area (Å²) in [5.41, 5.74) is 6.05. The molecule has 0 heterocycles. The summed E-state index contributed by atoms with van der Waals surface area (Å²) < 4.78 is 0. The van der Waals surface area contributed by atoms with Gasteiger partial charge in [0.05, 0.1) is 12.2 Å². The smallest absolute Gasteiger partial charge is 0.0598 e. The lowest BCUT2D eigenvalue weighted by molar-refractivity contribution is 0.399. The van der Waals surface area contributed by atoms with Crippen molar-refractivity contribution in [2.75, 3.05) is 12.1 Å². The van der Waals surface area contributed by atoms with Crippen LogP contribution in [0.2, 0.25) is 0 Å². The van der Waals surface area contributed by atoms with Gasteiger partial charge in [0, 0.05) is 7.11 Å². The van der Waals surface area contributed by atoms with E-state index < -0.39 is 0 Å². The van der Waals surface area contributed by atoms with Gasteiger partial charge in [-0.25, -0.2) is 5.84 Å². The Labute approximate surface area is 150 Å². The van der Waals surface area contributed by atoms with Gasteiger partial charge in [0.1, 0.15) is 0 Å². The quantitative estimate of drug-likeness (QED) is 0.537. The summed E-state index contributed by atoms with van der Waals surface area (Å²) in [6, 6.07) is 27.2. The zero-order chi connectivity index (χ0) is 18.1. The molecule has 3 aromatic rings. The number of anilines is 1. The maximum atomic E-state index is 7.00. The van der Waals surface area contributed by atoms with E-state index in [2.05, 4.69) is 73.7 Å². The van der Waals surface area contributed by atoms with Gasteiger partial charge in [-0.1, -0.05) is 79.7 Å². The summed E-state index contributed by atoms with van der Waals surface area (Å²) >= 11 is 0. The molecule has 0 saturated heterocycles. The summed E-state index contributed by atoms with van der Waals surface area (Å²) in [6.07, 6.45) is 0.976. The molecule has 130 valence electrons. The fraction of sp³-hybridized carbons (Fsp3) is 0.182. The number of benzene rings is 3. The van der Waals surface area contributed by atoms with E-state index in [-0.39, 0.29) is 0 Å². The van der Waals surface area contributed by atoms with Gasteiger partial charge in [-0.3, -0.25) is 0 Å². The molecule has 0 fully saturated rings. The van der Waals surface area contributed by atoms with Gasteiger partial charge < -0.3 is 10.1 Å². The van der Waals surface area contributed by atoms with E-state index in [1.165, 1.54) is 22.3 Å². The molecule has 0 unspecified atom stereocenters. The zero-order valence-electron chi connectivity index (χ0n) is 14.9. The van der Waals surface area contributed by atoms with Gasteiger partial charge >= 0.3 is 0 Å². The molecule has 25 heavy (non-hydrogen) atoms. The highest BCUT2D eigenvalue weighted by atomic mass is 16.2. The Morgan fingerprint density at radius 1 is 0.760 bits per heavy atom. The van der Waals surface area contributed by atoms with E-state index in [0.29, 0.717) is 6.54 Å². The standard InChI is InChI=1S/C21H22N2.CH4O/c1-2-17-10-7-9-15-21(17)23(22)16-19-13-6-8-14-20(19)18-11-4-3-5-12-18;1-2/h3-15H,2,16,22H2,1H3;2H,1H3. The first-order valence-corrected chi connectivity index (χ1v) is 8.47. The van der Waals surface area contributed by atoms with E-state index >= 15 is 0 Å². The third-order valence-electron chi connectivity index (χ3n) is 4.12. The minimum absolute atomic E-state index is 0.683. The number of aliphatic hydroxyl groups excluding tert-OH is 1. The first-order valence-electron chi connectivity index (χ1n) is 8.47. The summed E-state index contributed by atoms with van der Waals surface area (Å²) in [4.78, 5) is 0. The van der Waals surface area contributed by atoms with Crippen LogP contribution in [0.15, 0.2) is 78.9 Å². The normalized spacial score (nSPS) is 9.92. The lowest BCUT2D eigenvalue weighted by atomic mass is 9.99. The number of nitrogens with two attached hydrogens (primary N) is 1. The fourth-order valence-corrected chi connectivity index (χ4v) is 2.92. The molecule has 0 aliphatic heterocycles. The van der Waals surface area contributed by atoms with Crippen molar-refractivity contribution in [1.29, 1.82) is 0 Å². The summed E-state index contributed by atoms with van der Waals surface area (Å²) in [5.74, 6) is 6.38. The Bertz CT molecular complexity index is 772. The topological polar surface area (TPSA) is 49.5 Å². The molecule has 3 heteroatoms. The Balaban J connectivity index is 0.00000109. The second-order valence-electron chi connectivity index (χ2n) is 5.63. The van der Waals surface area contributed by atoms with E-state index in [9.17, 15) is 0 Å². The number of hydrogen-bond acceptors (Lipinski definition) is 3. The number of aliphatic hydroxyl groups is 1. The highest BCUT2D eigenvalue weighted by Crippen LogP contribution is 2.26. The predicted octanol–water partition coefficient (Wildman–Crippen LogP) is 4.40. The van der Waals surface area contributed by atoms with Gasteiger partial charge in [0.15, 0.2) is 0 Å². The Kier molecular flexibility index (Phi) is 7.20. The van der Waals surface area contributed by atoms with E-state index in [1.807, 2.05) is 17.1 Å². The molecule has 0 aromatic heterocycles. The molecule has 0 radical (unpaired) electrons. The average molecular weight is 334 g/mol. The van der Waals surface area contributed by atoms with Gasteiger partial charge in [-0.15, -0.1) is 0 Å². The van der Waals surface area contributed by atoms with Crippen LogP contribution in [-0.4, -0.2) is 12.2 Å². The number of hydrogen-bond donors (Lipinski definition) is 2. The van der Waals surface area contributed by atoms with Crippen molar-refractivity contribution < 1.29 is 5.11 Å². The van der Waals surface area contributed by atoms with Crippen LogP contribution in [0, 0.1) is 0 Å². The molecular formula is C22H26N2O. The Hall–Kier alpha value is -2.62. The predicted molar refractivity (Wildman–Crippen MR) is 106 cm³/mol. The first kappa shape index (κ1) is 18.7. The van der Waals surface area contributed by atoms with Crippen molar-refractivity contribution in [2.45, 2.75) is 19.9 Å². The molecule has 3 aromatic carbocycles. The monoisotopic (exact) mass is 334 g/mol. The van der Waals surface area contributed by atoms with Crippen molar-refractivity contribution in [3.8, 4) is 11.1 Å². The summed E-state index contributed by atoms with van der Waals surface area (Å²) in [6.45, 7) is 2.84. The second kappa shape index (κ2) is 9.62. The van der Waals surface area contributed by atoms with Gasteiger partial charge in [0.25, 0.3) is 0 Å². The second-order valence-corrected chi connectivity index (χ2v) is 5.63. The molecule has 0 spiro atoms. The van der Waals surface area contributed by atoms with E-state index in [4.69, 9.17) is 10.9 Å².